The second-order valence-electron chi connectivity index (χ2n) is 5.08. The van der Waals surface area contributed by atoms with Gasteiger partial charge in [-0.25, -0.2) is 0 Å². The molecule has 0 N–H and O–H groups in total. The van der Waals surface area contributed by atoms with Gasteiger partial charge >= 0.3 is 0 Å². The number of benzene rings is 2. The number of furan rings is 1. The Balaban J connectivity index is 1.86. The lowest BCUT2D eigenvalue weighted by Crippen LogP contribution is -1.99. The van der Waals surface area contributed by atoms with E-state index in [0.717, 1.165) is 27.3 Å². The van der Waals surface area contributed by atoms with E-state index < -0.39 is 10.8 Å². The third-order valence-corrected chi connectivity index (χ3v) is 4.88. The predicted octanol–water partition coefficient (Wildman–Crippen LogP) is 4.65. The van der Waals surface area contributed by atoms with Gasteiger partial charge in [-0.15, -0.1) is 0 Å². The fourth-order valence-corrected chi connectivity index (χ4v) is 3.50. The highest BCUT2D eigenvalue weighted by Crippen LogP contribution is 2.32. The van der Waals surface area contributed by atoms with Crippen molar-refractivity contribution >= 4 is 10.8 Å². The molecule has 0 amide bonds. The highest BCUT2D eigenvalue weighted by atomic mass is 32.2. The van der Waals surface area contributed by atoms with Crippen molar-refractivity contribution in [3.63, 3.8) is 0 Å². The number of hydrogen-bond acceptors (Lipinski definition) is 3. The van der Waals surface area contributed by atoms with Crippen LogP contribution in [0.15, 0.2) is 76.4 Å². The summed E-state index contributed by atoms with van der Waals surface area (Å²) in [4.78, 5) is 0.837. The Morgan fingerprint density at radius 1 is 1.09 bits per heavy atom. The SMILES string of the molecule is CCOc1cc(CS(=O)c2ccccc2)ccc1-c1ccoc1. The van der Waals surface area contributed by atoms with Crippen LogP contribution >= 0.6 is 0 Å². The summed E-state index contributed by atoms with van der Waals surface area (Å²) in [7, 11) is -1.06. The number of ether oxygens (including phenoxy) is 1. The Labute approximate surface area is 138 Å². The zero-order chi connectivity index (χ0) is 16.1. The van der Waals surface area contributed by atoms with E-state index in [1.807, 2.05) is 61.5 Å². The fraction of sp³-hybridized carbons (Fsp3) is 0.158. The molecule has 3 aromatic rings. The molecular weight excluding hydrogens is 308 g/mol. The van der Waals surface area contributed by atoms with Gasteiger partial charge in [0.1, 0.15) is 5.75 Å². The van der Waals surface area contributed by atoms with Crippen molar-refractivity contribution in [1.29, 1.82) is 0 Å². The van der Waals surface area contributed by atoms with Crippen LogP contribution in [0, 0.1) is 0 Å². The van der Waals surface area contributed by atoms with Crippen molar-refractivity contribution < 1.29 is 13.4 Å². The summed E-state index contributed by atoms with van der Waals surface area (Å²) in [5, 5.41) is 0. The minimum atomic E-state index is -1.06. The molecule has 0 aliphatic rings. The van der Waals surface area contributed by atoms with Gasteiger partial charge in [0.2, 0.25) is 0 Å². The van der Waals surface area contributed by atoms with Crippen LogP contribution in [-0.4, -0.2) is 10.8 Å². The van der Waals surface area contributed by atoms with Gasteiger partial charge in [-0.1, -0.05) is 30.3 Å². The van der Waals surface area contributed by atoms with Gasteiger partial charge in [-0.05, 0) is 36.8 Å². The van der Waals surface area contributed by atoms with Gasteiger partial charge in [-0.3, -0.25) is 4.21 Å². The second kappa shape index (κ2) is 7.29. The van der Waals surface area contributed by atoms with Crippen molar-refractivity contribution in [2.75, 3.05) is 6.61 Å². The van der Waals surface area contributed by atoms with Gasteiger partial charge in [0.15, 0.2) is 0 Å². The molecule has 2 aromatic carbocycles. The Hall–Kier alpha value is -2.33. The van der Waals surface area contributed by atoms with Crippen LogP contribution < -0.4 is 4.74 Å². The molecule has 3 nitrogen and oxygen atoms in total. The quantitative estimate of drug-likeness (QED) is 0.662. The van der Waals surface area contributed by atoms with Crippen LogP contribution in [0.1, 0.15) is 12.5 Å². The summed E-state index contributed by atoms with van der Waals surface area (Å²) < 4.78 is 23.4. The molecule has 4 heteroatoms. The molecule has 3 rings (SSSR count). The van der Waals surface area contributed by atoms with E-state index in [1.165, 1.54) is 0 Å². The van der Waals surface area contributed by atoms with E-state index in [-0.39, 0.29) is 0 Å². The molecular formula is C19H18O3S. The normalized spacial score (nSPS) is 12.0. The van der Waals surface area contributed by atoms with Gasteiger partial charge in [0.05, 0.1) is 35.7 Å². The molecule has 0 fully saturated rings. The Kier molecular flexibility index (Phi) is 4.93. The lowest BCUT2D eigenvalue weighted by Gasteiger charge is -2.11. The topological polar surface area (TPSA) is 39.4 Å². The maximum atomic E-state index is 12.5. The summed E-state index contributed by atoms with van der Waals surface area (Å²) in [5.74, 6) is 1.26. The smallest absolute Gasteiger partial charge is 0.127 e. The third-order valence-electron chi connectivity index (χ3n) is 3.48. The van der Waals surface area contributed by atoms with Crippen LogP contribution in [0.4, 0.5) is 0 Å². The first kappa shape index (κ1) is 15.6. The lowest BCUT2D eigenvalue weighted by atomic mass is 10.1. The van der Waals surface area contributed by atoms with E-state index >= 15 is 0 Å². The zero-order valence-corrected chi connectivity index (χ0v) is 13.7. The molecule has 118 valence electrons. The highest BCUT2D eigenvalue weighted by molar-refractivity contribution is 7.84. The van der Waals surface area contributed by atoms with Crippen molar-refractivity contribution in [2.45, 2.75) is 17.6 Å². The summed E-state index contributed by atoms with van der Waals surface area (Å²) in [5.41, 5.74) is 2.95. The Morgan fingerprint density at radius 2 is 1.91 bits per heavy atom. The average molecular weight is 326 g/mol. The fourth-order valence-electron chi connectivity index (χ4n) is 2.39. The molecule has 0 aliphatic carbocycles. The summed E-state index contributed by atoms with van der Waals surface area (Å²) >= 11 is 0. The van der Waals surface area contributed by atoms with E-state index in [2.05, 4.69) is 0 Å². The van der Waals surface area contributed by atoms with Crippen LogP contribution in [0.5, 0.6) is 5.75 Å². The maximum Gasteiger partial charge on any atom is 0.127 e. The summed E-state index contributed by atoms with van der Waals surface area (Å²) in [6.07, 6.45) is 3.34. The minimum Gasteiger partial charge on any atom is -0.493 e. The standard InChI is InChI=1S/C19H18O3S/c1-2-22-19-12-15(8-9-18(19)16-10-11-21-13-16)14-23(20)17-6-4-3-5-7-17/h3-13H,2,14H2,1H3. The molecule has 0 radical (unpaired) electrons. The summed E-state index contributed by atoms with van der Waals surface area (Å²) in [6, 6.07) is 17.4. The monoisotopic (exact) mass is 326 g/mol. The summed E-state index contributed by atoms with van der Waals surface area (Å²) in [6.45, 7) is 2.53. The van der Waals surface area contributed by atoms with E-state index in [9.17, 15) is 4.21 Å². The van der Waals surface area contributed by atoms with E-state index in [1.54, 1.807) is 12.5 Å². The van der Waals surface area contributed by atoms with Crippen LogP contribution in [-0.2, 0) is 16.6 Å². The first-order valence-electron chi connectivity index (χ1n) is 7.49. The van der Waals surface area contributed by atoms with E-state index in [4.69, 9.17) is 9.15 Å². The molecule has 0 saturated carbocycles. The maximum absolute atomic E-state index is 12.5. The second-order valence-corrected chi connectivity index (χ2v) is 6.53. The molecule has 0 bridgehead atoms. The number of hydrogen-bond donors (Lipinski definition) is 0. The van der Waals surface area contributed by atoms with Crippen molar-refractivity contribution in [3.05, 3.63) is 72.7 Å². The van der Waals surface area contributed by atoms with Crippen LogP contribution in [0.2, 0.25) is 0 Å². The van der Waals surface area contributed by atoms with Gasteiger partial charge in [0.25, 0.3) is 0 Å². The third kappa shape index (κ3) is 3.71. The van der Waals surface area contributed by atoms with Crippen molar-refractivity contribution in [1.82, 2.24) is 0 Å². The van der Waals surface area contributed by atoms with E-state index in [0.29, 0.717) is 12.4 Å². The molecule has 23 heavy (non-hydrogen) atoms. The average Bonchev–Trinajstić information content (AvgIpc) is 3.10. The van der Waals surface area contributed by atoms with Crippen LogP contribution in [0.25, 0.3) is 11.1 Å². The lowest BCUT2D eigenvalue weighted by molar-refractivity contribution is 0.341. The molecule has 0 aliphatic heterocycles. The van der Waals surface area contributed by atoms with Gasteiger partial charge in [0, 0.05) is 16.0 Å². The van der Waals surface area contributed by atoms with Crippen molar-refractivity contribution in [3.8, 4) is 16.9 Å². The van der Waals surface area contributed by atoms with Crippen molar-refractivity contribution in [2.24, 2.45) is 0 Å². The van der Waals surface area contributed by atoms with Crippen LogP contribution in [0.3, 0.4) is 0 Å². The van der Waals surface area contributed by atoms with Gasteiger partial charge < -0.3 is 9.15 Å². The molecule has 1 unspecified atom stereocenters. The molecule has 0 saturated heterocycles. The first-order chi connectivity index (χ1) is 11.3. The predicted molar refractivity (Wildman–Crippen MR) is 91.9 cm³/mol. The highest BCUT2D eigenvalue weighted by Gasteiger charge is 2.11. The molecule has 1 atom stereocenters. The molecule has 1 heterocycles. The molecule has 1 aromatic heterocycles. The molecule has 0 spiro atoms. The Bertz CT molecular complexity index is 780. The Morgan fingerprint density at radius 3 is 2.61 bits per heavy atom. The minimum absolute atomic E-state index is 0.468. The first-order valence-corrected chi connectivity index (χ1v) is 8.81. The zero-order valence-electron chi connectivity index (χ0n) is 12.9. The largest absolute Gasteiger partial charge is 0.493 e. The van der Waals surface area contributed by atoms with Gasteiger partial charge in [-0.2, -0.15) is 0 Å². The number of rotatable bonds is 6.